The smallest absolute Gasteiger partial charge is 0.147 e. The summed E-state index contributed by atoms with van der Waals surface area (Å²) in [5.74, 6) is 1.70. The molecule has 0 bridgehead atoms. The van der Waals surface area contributed by atoms with Gasteiger partial charge in [0.2, 0.25) is 0 Å². The number of pyridine rings is 1. The monoisotopic (exact) mass is 401 g/mol. The van der Waals surface area contributed by atoms with Gasteiger partial charge < -0.3 is 14.4 Å². The lowest BCUT2D eigenvalue weighted by molar-refractivity contribution is 0.0293. The zero-order valence-corrected chi connectivity index (χ0v) is 17.1. The van der Waals surface area contributed by atoms with Gasteiger partial charge >= 0.3 is 0 Å². The number of aromatic nitrogens is 1. The van der Waals surface area contributed by atoms with Crippen molar-refractivity contribution in [1.29, 1.82) is 0 Å². The second kappa shape index (κ2) is 8.27. The van der Waals surface area contributed by atoms with Crippen LogP contribution in [0.25, 0.3) is 6.08 Å². The maximum atomic E-state index is 10.6. The van der Waals surface area contributed by atoms with Crippen LogP contribution in [0.5, 0.6) is 0 Å². The number of furan rings is 1. The number of nitrogens with zero attached hydrogens (tertiary/aromatic N) is 3. The van der Waals surface area contributed by atoms with Crippen molar-refractivity contribution in [3.8, 4) is 0 Å². The summed E-state index contributed by atoms with van der Waals surface area (Å²) in [7, 11) is 0. The van der Waals surface area contributed by atoms with Gasteiger partial charge in [-0.15, -0.1) is 0 Å². The molecule has 6 heteroatoms. The largest absolute Gasteiger partial charge is 0.465 e. The van der Waals surface area contributed by atoms with Crippen LogP contribution in [0, 0.1) is 12.3 Å². The second-order valence-corrected chi connectivity index (χ2v) is 8.62. The van der Waals surface area contributed by atoms with Gasteiger partial charge in [0, 0.05) is 25.3 Å². The molecular weight excluding hydrogens is 374 g/mol. The minimum Gasteiger partial charge on any atom is -0.465 e. The van der Waals surface area contributed by atoms with Crippen LogP contribution < -0.4 is 4.90 Å². The number of aliphatic hydroxyl groups is 1. The van der Waals surface area contributed by atoms with E-state index in [1.807, 2.05) is 37.3 Å². The van der Waals surface area contributed by atoms with Crippen molar-refractivity contribution in [2.45, 2.75) is 32.3 Å². The molecule has 1 unspecified atom stereocenters. The summed E-state index contributed by atoms with van der Waals surface area (Å²) < 4.78 is 5.34. The van der Waals surface area contributed by atoms with Crippen LogP contribution in [0.4, 0.5) is 5.82 Å². The van der Waals surface area contributed by atoms with Crippen LogP contribution >= 0.6 is 11.6 Å². The van der Waals surface area contributed by atoms with Crippen molar-refractivity contribution in [2.24, 2.45) is 5.41 Å². The molecular formula is C22H28ClN3O2. The van der Waals surface area contributed by atoms with E-state index in [1.54, 1.807) is 6.26 Å². The summed E-state index contributed by atoms with van der Waals surface area (Å²) in [6, 6.07) is 7.70. The fraction of sp³-hybridized carbons (Fsp3) is 0.500. The lowest BCUT2D eigenvalue weighted by Gasteiger charge is -2.49. The Labute approximate surface area is 171 Å². The molecule has 4 rings (SSSR count). The van der Waals surface area contributed by atoms with Crippen LogP contribution in [0.1, 0.15) is 30.7 Å². The highest BCUT2D eigenvalue weighted by molar-refractivity contribution is 6.32. The van der Waals surface area contributed by atoms with Crippen LogP contribution in [0.15, 0.2) is 41.0 Å². The SMILES string of the molecule is Cc1ccc(Cl)c(N2CC(O)CC3(CCN(C/C=C/c4ccco4)CC3)C2)n1. The molecule has 0 aromatic carbocycles. The number of aryl methyl sites for hydroxylation is 1. The Hall–Kier alpha value is -1.82. The second-order valence-electron chi connectivity index (χ2n) is 8.21. The Bertz CT molecular complexity index is 813. The van der Waals surface area contributed by atoms with E-state index in [-0.39, 0.29) is 11.5 Å². The molecule has 1 atom stereocenters. The van der Waals surface area contributed by atoms with Gasteiger partial charge in [-0.3, -0.25) is 4.90 Å². The van der Waals surface area contributed by atoms with Gasteiger partial charge in [-0.1, -0.05) is 17.7 Å². The minimum atomic E-state index is -0.336. The van der Waals surface area contributed by atoms with Crippen LogP contribution in [0.3, 0.4) is 0 Å². The Morgan fingerprint density at radius 2 is 2.14 bits per heavy atom. The topological polar surface area (TPSA) is 52.7 Å². The third-order valence-corrected chi connectivity index (χ3v) is 6.29. The summed E-state index contributed by atoms with van der Waals surface area (Å²) in [6.07, 6.45) is 8.58. The summed E-state index contributed by atoms with van der Waals surface area (Å²) in [5, 5.41) is 11.2. The van der Waals surface area contributed by atoms with Crippen LogP contribution in [0.2, 0.25) is 5.02 Å². The first-order chi connectivity index (χ1) is 13.5. The van der Waals surface area contributed by atoms with Gasteiger partial charge in [-0.25, -0.2) is 4.98 Å². The van der Waals surface area contributed by atoms with Gasteiger partial charge in [-0.05, 0) is 75.0 Å². The molecule has 1 spiro atoms. The van der Waals surface area contributed by atoms with Crippen molar-refractivity contribution in [3.05, 3.63) is 53.1 Å². The number of hydrogen-bond donors (Lipinski definition) is 1. The molecule has 2 fully saturated rings. The van der Waals surface area contributed by atoms with Gasteiger partial charge in [0.1, 0.15) is 11.6 Å². The predicted molar refractivity (Wildman–Crippen MR) is 113 cm³/mol. The number of β-amino-alcohol motifs (C(OH)–C–C–N with tert-alkyl or cyclic N) is 1. The average molecular weight is 402 g/mol. The number of aliphatic hydroxyl groups excluding tert-OH is 1. The van der Waals surface area contributed by atoms with Gasteiger partial charge in [0.15, 0.2) is 0 Å². The van der Waals surface area contributed by atoms with Crippen molar-refractivity contribution < 1.29 is 9.52 Å². The molecule has 2 aliphatic heterocycles. The van der Waals surface area contributed by atoms with Crippen molar-refractivity contribution >= 4 is 23.5 Å². The van der Waals surface area contributed by atoms with E-state index in [0.29, 0.717) is 11.6 Å². The molecule has 28 heavy (non-hydrogen) atoms. The maximum Gasteiger partial charge on any atom is 0.147 e. The highest BCUT2D eigenvalue weighted by Crippen LogP contribution is 2.42. The van der Waals surface area contributed by atoms with Crippen molar-refractivity contribution in [3.63, 3.8) is 0 Å². The van der Waals surface area contributed by atoms with Crippen molar-refractivity contribution in [2.75, 3.05) is 37.6 Å². The Kier molecular flexibility index (Phi) is 5.76. The molecule has 0 saturated carbocycles. The third kappa shape index (κ3) is 4.43. The van der Waals surface area contributed by atoms with Crippen LogP contribution in [-0.4, -0.2) is 53.8 Å². The highest BCUT2D eigenvalue weighted by atomic mass is 35.5. The summed E-state index contributed by atoms with van der Waals surface area (Å²) in [6.45, 7) is 6.50. The molecule has 4 heterocycles. The Morgan fingerprint density at radius 1 is 1.32 bits per heavy atom. The minimum absolute atomic E-state index is 0.133. The molecule has 1 N–H and O–H groups in total. The summed E-state index contributed by atoms with van der Waals surface area (Å²) >= 11 is 6.42. The number of halogens is 1. The van der Waals surface area contributed by atoms with Gasteiger partial charge in [0.05, 0.1) is 17.4 Å². The number of rotatable bonds is 4. The summed E-state index contributed by atoms with van der Waals surface area (Å²) in [5.41, 5.74) is 1.08. The fourth-order valence-electron chi connectivity index (χ4n) is 4.54. The zero-order valence-electron chi connectivity index (χ0n) is 16.4. The number of anilines is 1. The number of likely N-dealkylation sites (tertiary alicyclic amines) is 1. The highest BCUT2D eigenvalue weighted by Gasteiger charge is 2.42. The zero-order chi connectivity index (χ0) is 19.6. The third-order valence-electron chi connectivity index (χ3n) is 6.00. The van der Waals surface area contributed by atoms with Gasteiger partial charge in [-0.2, -0.15) is 0 Å². The normalized spacial score (nSPS) is 23.0. The van der Waals surface area contributed by atoms with E-state index in [9.17, 15) is 5.11 Å². The first-order valence-corrected chi connectivity index (χ1v) is 10.4. The van der Waals surface area contributed by atoms with Crippen LogP contribution in [-0.2, 0) is 0 Å². The molecule has 2 aliphatic rings. The summed E-state index contributed by atoms with van der Waals surface area (Å²) in [4.78, 5) is 9.30. The van der Waals surface area contributed by atoms with Crippen molar-refractivity contribution in [1.82, 2.24) is 9.88 Å². The standard InChI is InChI=1S/C22H28ClN3O2/c1-17-6-7-20(23)21(24-17)26-15-18(27)14-22(16-26)8-11-25(12-9-22)10-2-4-19-5-3-13-28-19/h2-7,13,18,27H,8-12,14-16H2,1H3/b4-2+. The molecule has 5 nitrogen and oxygen atoms in total. The molecule has 0 radical (unpaired) electrons. The van der Waals surface area contributed by atoms with E-state index >= 15 is 0 Å². The van der Waals surface area contributed by atoms with E-state index in [0.717, 1.165) is 62.7 Å². The quantitative estimate of drug-likeness (QED) is 0.839. The van der Waals surface area contributed by atoms with E-state index in [4.69, 9.17) is 16.0 Å². The number of piperidine rings is 2. The fourth-order valence-corrected chi connectivity index (χ4v) is 4.76. The van der Waals surface area contributed by atoms with E-state index in [1.165, 1.54) is 0 Å². The lowest BCUT2D eigenvalue weighted by Crippen LogP contribution is -2.54. The molecule has 2 saturated heterocycles. The van der Waals surface area contributed by atoms with E-state index < -0.39 is 0 Å². The first-order valence-electron chi connectivity index (χ1n) is 10.0. The van der Waals surface area contributed by atoms with E-state index in [2.05, 4.69) is 20.9 Å². The molecule has 2 aromatic rings. The Morgan fingerprint density at radius 3 is 2.89 bits per heavy atom. The molecule has 2 aromatic heterocycles. The van der Waals surface area contributed by atoms with Gasteiger partial charge in [0.25, 0.3) is 0 Å². The Balaban J connectivity index is 1.39. The lowest BCUT2D eigenvalue weighted by atomic mass is 9.71. The average Bonchev–Trinajstić information content (AvgIpc) is 3.18. The maximum absolute atomic E-state index is 10.6. The first kappa shape index (κ1) is 19.5. The molecule has 150 valence electrons. The predicted octanol–water partition coefficient (Wildman–Crippen LogP) is 4.00. The molecule has 0 aliphatic carbocycles. The number of hydrogen-bond acceptors (Lipinski definition) is 5. The molecule has 0 amide bonds.